The molecule has 0 saturated heterocycles. The summed E-state index contributed by atoms with van der Waals surface area (Å²) in [5.41, 5.74) is 1.27. The molecule has 0 N–H and O–H groups in total. The van der Waals surface area contributed by atoms with Crippen LogP contribution in [0.2, 0.25) is 0 Å². The summed E-state index contributed by atoms with van der Waals surface area (Å²) < 4.78 is 6.10. The van der Waals surface area contributed by atoms with E-state index in [0.717, 1.165) is 6.61 Å². The molecular formula is C15H23NO. The third-order valence-corrected chi connectivity index (χ3v) is 3.64. The third-order valence-electron chi connectivity index (χ3n) is 3.64. The lowest BCUT2D eigenvalue weighted by Crippen LogP contribution is -2.42. The SMILES string of the molecule is CN(C)[C@H]1CCCC[C@H]1OCc1ccccc1. The van der Waals surface area contributed by atoms with Crippen molar-refractivity contribution in [3.63, 3.8) is 0 Å². The molecule has 1 aliphatic rings. The van der Waals surface area contributed by atoms with E-state index in [1.807, 2.05) is 6.07 Å². The van der Waals surface area contributed by atoms with Gasteiger partial charge in [0.25, 0.3) is 0 Å². The molecule has 0 spiro atoms. The molecule has 0 aliphatic heterocycles. The average Bonchev–Trinajstić information content (AvgIpc) is 2.38. The minimum Gasteiger partial charge on any atom is -0.372 e. The standard InChI is InChI=1S/C15H23NO/c1-16(2)14-10-6-7-11-15(14)17-12-13-8-4-3-5-9-13/h3-5,8-9,14-15H,6-7,10-12H2,1-2H3/t14-,15+/m0/s1. The summed E-state index contributed by atoms with van der Waals surface area (Å²) in [6, 6.07) is 11.0. The van der Waals surface area contributed by atoms with E-state index in [1.165, 1.54) is 31.2 Å². The van der Waals surface area contributed by atoms with Gasteiger partial charge in [-0.1, -0.05) is 43.2 Å². The molecule has 2 heteroatoms. The highest BCUT2D eigenvalue weighted by atomic mass is 16.5. The molecular weight excluding hydrogens is 210 g/mol. The normalized spacial score (nSPS) is 25.1. The number of rotatable bonds is 4. The van der Waals surface area contributed by atoms with Crippen LogP contribution in [-0.2, 0) is 11.3 Å². The summed E-state index contributed by atoms with van der Waals surface area (Å²) in [5, 5.41) is 0. The van der Waals surface area contributed by atoms with Crippen molar-refractivity contribution in [2.75, 3.05) is 14.1 Å². The van der Waals surface area contributed by atoms with Gasteiger partial charge in [-0.05, 0) is 32.5 Å². The van der Waals surface area contributed by atoms with Crippen molar-refractivity contribution in [2.45, 2.75) is 44.4 Å². The Morgan fingerprint density at radius 3 is 2.53 bits per heavy atom. The predicted molar refractivity (Wildman–Crippen MR) is 71.0 cm³/mol. The molecule has 2 rings (SSSR count). The molecule has 0 bridgehead atoms. The summed E-state index contributed by atoms with van der Waals surface area (Å²) in [6.45, 7) is 0.746. The molecule has 94 valence electrons. The second-order valence-corrected chi connectivity index (χ2v) is 5.15. The Morgan fingerprint density at radius 2 is 1.82 bits per heavy atom. The van der Waals surface area contributed by atoms with Crippen molar-refractivity contribution >= 4 is 0 Å². The zero-order valence-electron chi connectivity index (χ0n) is 10.9. The summed E-state index contributed by atoms with van der Waals surface area (Å²) in [6.07, 6.45) is 5.53. The number of hydrogen-bond acceptors (Lipinski definition) is 2. The molecule has 1 fully saturated rings. The van der Waals surface area contributed by atoms with Crippen LogP contribution in [0.15, 0.2) is 30.3 Å². The summed E-state index contributed by atoms with van der Waals surface area (Å²) >= 11 is 0. The van der Waals surface area contributed by atoms with E-state index in [0.29, 0.717) is 12.1 Å². The summed E-state index contributed by atoms with van der Waals surface area (Å²) in [4.78, 5) is 2.31. The monoisotopic (exact) mass is 233 g/mol. The smallest absolute Gasteiger partial charge is 0.0734 e. The van der Waals surface area contributed by atoms with Gasteiger partial charge in [0.1, 0.15) is 0 Å². The first kappa shape index (κ1) is 12.6. The van der Waals surface area contributed by atoms with Crippen molar-refractivity contribution in [1.29, 1.82) is 0 Å². The van der Waals surface area contributed by atoms with Gasteiger partial charge in [-0.25, -0.2) is 0 Å². The van der Waals surface area contributed by atoms with Gasteiger partial charge in [0, 0.05) is 6.04 Å². The second-order valence-electron chi connectivity index (χ2n) is 5.15. The Bertz CT molecular complexity index is 323. The predicted octanol–water partition coefficient (Wildman–Crippen LogP) is 3.08. The van der Waals surface area contributed by atoms with E-state index in [-0.39, 0.29) is 0 Å². The molecule has 0 aromatic heterocycles. The maximum absolute atomic E-state index is 6.10. The Hall–Kier alpha value is -0.860. The van der Waals surface area contributed by atoms with Crippen LogP contribution in [-0.4, -0.2) is 31.1 Å². The van der Waals surface area contributed by atoms with Gasteiger partial charge < -0.3 is 9.64 Å². The van der Waals surface area contributed by atoms with Crippen LogP contribution < -0.4 is 0 Å². The highest BCUT2D eigenvalue weighted by Gasteiger charge is 2.27. The van der Waals surface area contributed by atoms with Crippen LogP contribution in [0.5, 0.6) is 0 Å². The number of hydrogen-bond donors (Lipinski definition) is 0. The van der Waals surface area contributed by atoms with E-state index in [2.05, 4.69) is 43.3 Å². The molecule has 0 radical (unpaired) electrons. The van der Waals surface area contributed by atoms with Crippen molar-refractivity contribution in [1.82, 2.24) is 4.90 Å². The molecule has 17 heavy (non-hydrogen) atoms. The van der Waals surface area contributed by atoms with Gasteiger partial charge in [-0.15, -0.1) is 0 Å². The van der Waals surface area contributed by atoms with E-state index < -0.39 is 0 Å². The van der Waals surface area contributed by atoms with Gasteiger partial charge in [0.05, 0.1) is 12.7 Å². The molecule has 1 aliphatic carbocycles. The highest BCUT2D eigenvalue weighted by molar-refractivity contribution is 5.13. The van der Waals surface area contributed by atoms with Gasteiger partial charge >= 0.3 is 0 Å². The Balaban J connectivity index is 1.88. The van der Waals surface area contributed by atoms with Crippen LogP contribution >= 0.6 is 0 Å². The van der Waals surface area contributed by atoms with Crippen LogP contribution in [0.1, 0.15) is 31.2 Å². The summed E-state index contributed by atoms with van der Waals surface area (Å²) in [5.74, 6) is 0. The average molecular weight is 233 g/mol. The second kappa shape index (κ2) is 6.18. The maximum Gasteiger partial charge on any atom is 0.0734 e. The van der Waals surface area contributed by atoms with Crippen molar-refractivity contribution < 1.29 is 4.74 Å². The minimum absolute atomic E-state index is 0.402. The van der Waals surface area contributed by atoms with E-state index >= 15 is 0 Å². The van der Waals surface area contributed by atoms with Crippen LogP contribution in [0.25, 0.3) is 0 Å². The van der Waals surface area contributed by atoms with Crippen LogP contribution in [0, 0.1) is 0 Å². The number of benzene rings is 1. The fourth-order valence-corrected chi connectivity index (χ4v) is 2.64. The first-order valence-corrected chi connectivity index (χ1v) is 6.59. The zero-order chi connectivity index (χ0) is 12.1. The van der Waals surface area contributed by atoms with Crippen LogP contribution in [0.4, 0.5) is 0 Å². The fourth-order valence-electron chi connectivity index (χ4n) is 2.64. The number of ether oxygens (including phenoxy) is 1. The molecule has 2 atom stereocenters. The molecule has 2 nitrogen and oxygen atoms in total. The van der Waals surface area contributed by atoms with Crippen LogP contribution in [0.3, 0.4) is 0 Å². The zero-order valence-corrected chi connectivity index (χ0v) is 10.9. The van der Waals surface area contributed by atoms with Crippen molar-refractivity contribution in [3.05, 3.63) is 35.9 Å². The van der Waals surface area contributed by atoms with Gasteiger partial charge in [0.2, 0.25) is 0 Å². The van der Waals surface area contributed by atoms with E-state index in [1.54, 1.807) is 0 Å². The molecule has 1 saturated carbocycles. The number of likely N-dealkylation sites (N-methyl/N-ethyl adjacent to an activating group) is 1. The minimum atomic E-state index is 0.402. The molecule has 1 aromatic carbocycles. The van der Waals surface area contributed by atoms with E-state index in [4.69, 9.17) is 4.74 Å². The molecule has 0 heterocycles. The summed E-state index contributed by atoms with van der Waals surface area (Å²) in [7, 11) is 4.32. The van der Waals surface area contributed by atoms with E-state index in [9.17, 15) is 0 Å². The lowest BCUT2D eigenvalue weighted by Gasteiger charge is -2.35. The largest absolute Gasteiger partial charge is 0.372 e. The molecule has 0 amide bonds. The highest BCUT2D eigenvalue weighted by Crippen LogP contribution is 2.25. The first-order chi connectivity index (χ1) is 8.27. The third kappa shape index (κ3) is 3.55. The maximum atomic E-state index is 6.10. The van der Waals surface area contributed by atoms with Crippen molar-refractivity contribution in [3.8, 4) is 0 Å². The Labute approximate surface area is 105 Å². The fraction of sp³-hybridized carbons (Fsp3) is 0.600. The lowest BCUT2D eigenvalue weighted by atomic mass is 9.91. The number of nitrogens with zero attached hydrogens (tertiary/aromatic N) is 1. The molecule has 1 aromatic rings. The topological polar surface area (TPSA) is 12.5 Å². The van der Waals surface area contributed by atoms with Gasteiger partial charge in [-0.2, -0.15) is 0 Å². The van der Waals surface area contributed by atoms with Gasteiger partial charge in [-0.3, -0.25) is 0 Å². The molecule has 0 unspecified atom stereocenters. The Kier molecular flexibility index (Phi) is 4.57. The van der Waals surface area contributed by atoms with Gasteiger partial charge in [0.15, 0.2) is 0 Å². The lowest BCUT2D eigenvalue weighted by molar-refractivity contribution is -0.0323. The van der Waals surface area contributed by atoms with Crippen molar-refractivity contribution in [2.24, 2.45) is 0 Å². The quantitative estimate of drug-likeness (QED) is 0.792. The Morgan fingerprint density at radius 1 is 1.12 bits per heavy atom. The first-order valence-electron chi connectivity index (χ1n) is 6.59.